The zero-order chi connectivity index (χ0) is 38.7. The van der Waals surface area contributed by atoms with Gasteiger partial charge in [0.1, 0.15) is 36.5 Å². The molecule has 290 valence electrons. The Morgan fingerprint density at radius 1 is 0.873 bits per heavy atom. The monoisotopic (exact) mass is 764 g/mol. The zero-order valence-electron chi connectivity index (χ0n) is 32.4. The number of nitrogens with zero attached hydrogens (tertiary/aromatic N) is 4. The van der Waals surface area contributed by atoms with E-state index in [0.717, 1.165) is 96.6 Å². The molecule has 10 heteroatoms. The molecule has 1 unspecified atom stereocenters. The van der Waals surface area contributed by atoms with Crippen LogP contribution in [0.1, 0.15) is 91.7 Å². The van der Waals surface area contributed by atoms with E-state index in [1.165, 1.54) is 19.3 Å². The van der Waals surface area contributed by atoms with E-state index in [1.54, 1.807) is 18.5 Å². The number of halogens is 1. The molecule has 0 bridgehead atoms. The summed E-state index contributed by atoms with van der Waals surface area (Å²) in [5.74, 6) is 1.38. The van der Waals surface area contributed by atoms with E-state index in [0.29, 0.717) is 41.3 Å². The van der Waals surface area contributed by atoms with Crippen LogP contribution in [0.4, 0.5) is 0 Å². The molecule has 6 rings (SSSR count). The van der Waals surface area contributed by atoms with Gasteiger partial charge in [-0.3, -0.25) is 19.6 Å². The van der Waals surface area contributed by atoms with E-state index in [2.05, 4.69) is 65.9 Å². The van der Waals surface area contributed by atoms with Crippen LogP contribution in [0.25, 0.3) is 11.1 Å². The summed E-state index contributed by atoms with van der Waals surface area (Å²) in [6.07, 6.45) is 11.1. The number of pyridine rings is 1. The molecule has 55 heavy (non-hydrogen) atoms. The molecule has 0 radical (unpaired) electrons. The van der Waals surface area contributed by atoms with Gasteiger partial charge in [0.25, 0.3) is 0 Å². The van der Waals surface area contributed by atoms with Crippen molar-refractivity contribution in [2.24, 2.45) is 0 Å². The molecule has 2 fully saturated rings. The molecule has 4 aromatic rings. The van der Waals surface area contributed by atoms with Gasteiger partial charge in [0.2, 0.25) is 0 Å². The molecule has 2 saturated heterocycles. The number of rotatable bonds is 16. The molecule has 9 nitrogen and oxygen atoms in total. The van der Waals surface area contributed by atoms with Crippen LogP contribution in [0, 0.1) is 25.2 Å². The first kappa shape index (κ1) is 40.1. The maximum Gasteiger partial charge on any atom is 0.304 e. The minimum atomic E-state index is -0.726. The quantitative estimate of drug-likeness (QED) is 0.112. The summed E-state index contributed by atoms with van der Waals surface area (Å²) in [5.41, 5.74) is 7.76. The summed E-state index contributed by atoms with van der Waals surface area (Å²) in [7, 11) is 0. The van der Waals surface area contributed by atoms with Crippen LogP contribution < -0.4 is 14.2 Å². The number of ether oxygens (including phenoxy) is 3. The Labute approximate surface area is 330 Å². The van der Waals surface area contributed by atoms with Gasteiger partial charge >= 0.3 is 5.97 Å². The van der Waals surface area contributed by atoms with Crippen molar-refractivity contribution in [1.82, 2.24) is 14.8 Å². The molecule has 0 spiro atoms. The Kier molecular flexibility index (Phi) is 14.1. The largest absolute Gasteiger partial charge is 0.493 e. The van der Waals surface area contributed by atoms with Crippen molar-refractivity contribution in [2.45, 2.75) is 104 Å². The molecule has 0 aliphatic carbocycles. The smallest absolute Gasteiger partial charge is 0.304 e. The number of hydrogen-bond acceptors (Lipinski definition) is 8. The Morgan fingerprint density at radius 3 is 2.40 bits per heavy atom. The number of aromatic nitrogens is 1. The molecule has 0 saturated carbocycles. The van der Waals surface area contributed by atoms with Crippen LogP contribution in [0.2, 0.25) is 5.02 Å². The Morgan fingerprint density at radius 2 is 1.62 bits per heavy atom. The van der Waals surface area contributed by atoms with Crippen molar-refractivity contribution >= 4 is 17.6 Å². The standard InChI is InChI=1S/C45H53ClN4O5/c1-31-11-4-6-18-50(31)28-37-22-41(46)44(24-43(37)54-29-35-21-34(25-47)26-48-27-35)55-30-36-12-8-14-39(32(36)2)40-15-9-16-42(33(40)3)53-20-10-19-49-17-7-5-13-38(49)23-45(51)52/h8-9,12,14-16,21-22,24,26-27,31,38H,4-7,10-11,13,17-20,23,28-30H2,1-3H3,(H,51,52)/t31-,38?/m1/s1. The average Bonchev–Trinajstić information content (AvgIpc) is 3.18. The Hall–Kier alpha value is -4.62. The van der Waals surface area contributed by atoms with Gasteiger partial charge in [-0.05, 0) is 112 Å². The van der Waals surface area contributed by atoms with Crippen molar-refractivity contribution in [1.29, 1.82) is 5.26 Å². The first-order chi connectivity index (χ1) is 26.7. The molecule has 0 amide bonds. The van der Waals surface area contributed by atoms with Crippen molar-refractivity contribution < 1.29 is 24.1 Å². The van der Waals surface area contributed by atoms with Crippen molar-refractivity contribution in [3.05, 3.63) is 105 Å². The highest BCUT2D eigenvalue weighted by molar-refractivity contribution is 6.32. The lowest BCUT2D eigenvalue weighted by atomic mass is 9.93. The molecule has 2 atom stereocenters. The highest BCUT2D eigenvalue weighted by Gasteiger charge is 2.25. The van der Waals surface area contributed by atoms with Crippen molar-refractivity contribution in [3.8, 4) is 34.4 Å². The second kappa shape index (κ2) is 19.3. The predicted octanol–water partition coefficient (Wildman–Crippen LogP) is 9.52. The Balaban J connectivity index is 1.14. The molecule has 1 aromatic heterocycles. The fourth-order valence-electron chi connectivity index (χ4n) is 7.93. The van der Waals surface area contributed by atoms with Gasteiger partial charge in [0.05, 0.1) is 23.6 Å². The van der Waals surface area contributed by atoms with Crippen LogP contribution in [0.3, 0.4) is 0 Å². The van der Waals surface area contributed by atoms with Crippen molar-refractivity contribution in [3.63, 3.8) is 0 Å². The second-order valence-corrected chi connectivity index (χ2v) is 15.4. The molecular weight excluding hydrogens is 712 g/mol. The van der Waals surface area contributed by atoms with Crippen LogP contribution in [-0.2, 0) is 24.6 Å². The fraction of sp³-hybridized carbons (Fsp3) is 0.444. The first-order valence-electron chi connectivity index (χ1n) is 19.6. The summed E-state index contributed by atoms with van der Waals surface area (Å²) >= 11 is 6.92. The Bertz CT molecular complexity index is 1980. The van der Waals surface area contributed by atoms with Gasteiger partial charge in [0.15, 0.2) is 0 Å². The summed E-state index contributed by atoms with van der Waals surface area (Å²) in [4.78, 5) is 20.4. The van der Waals surface area contributed by atoms with Crippen LogP contribution in [0.15, 0.2) is 67.0 Å². The van der Waals surface area contributed by atoms with E-state index in [4.69, 9.17) is 25.8 Å². The van der Waals surface area contributed by atoms with Gasteiger partial charge in [-0.2, -0.15) is 5.26 Å². The number of hydrogen-bond donors (Lipinski definition) is 1. The van der Waals surface area contributed by atoms with Gasteiger partial charge in [-0.15, -0.1) is 0 Å². The third kappa shape index (κ3) is 10.6. The first-order valence-corrected chi connectivity index (χ1v) is 20.0. The third-order valence-corrected chi connectivity index (χ3v) is 11.5. The van der Waals surface area contributed by atoms with Crippen molar-refractivity contribution in [2.75, 3.05) is 26.2 Å². The lowest BCUT2D eigenvalue weighted by Crippen LogP contribution is -2.41. The van der Waals surface area contributed by atoms with E-state index in [9.17, 15) is 15.2 Å². The topological polar surface area (TPSA) is 108 Å². The van der Waals surface area contributed by atoms with E-state index >= 15 is 0 Å². The molecular formula is C45H53ClN4O5. The van der Waals surface area contributed by atoms with Crippen LogP contribution in [0.5, 0.6) is 17.2 Å². The summed E-state index contributed by atoms with van der Waals surface area (Å²) in [6.45, 7) is 11.2. The number of carboxylic acids is 1. The number of nitriles is 1. The predicted molar refractivity (Wildman–Crippen MR) is 216 cm³/mol. The molecule has 3 heterocycles. The van der Waals surface area contributed by atoms with Gasteiger partial charge in [-0.25, -0.2) is 0 Å². The summed E-state index contributed by atoms with van der Waals surface area (Å²) < 4.78 is 19.2. The summed E-state index contributed by atoms with van der Waals surface area (Å²) in [6, 6.07) is 20.9. The number of likely N-dealkylation sites (tertiary alicyclic amines) is 2. The van der Waals surface area contributed by atoms with Gasteiger partial charge < -0.3 is 19.3 Å². The average molecular weight is 765 g/mol. The number of benzene rings is 3. The minimum absolute atomic E-state index is 0.117. The maximum atomic E-state index is 11.4. The third-order valence-electron chi connectivity index (χ3n) is 11.2. The lowest BCUT2D eigenvalue weighted by molar-refractivity contribution is -0.138. The fourth-order valence-corrected chi connectivity index (χ4v) is 8.17. The SMILES string of the molecule is Cc1c(COc2cc(OCc3cncc(C#N)c3)c(CN3CCCC[C@H]3C)cc2Cl)cccc1-c1cccc(OCCCN2CCCCC2CC(=O)O)c1C. The molecule has 2 aliphatic rings. The number of carboxylic acid groups (broad SMARTS) is 1. The highest BCUT2D eigenvalue weighted by Crippen LogP contribution is 2.37. The second-order valence-electron chi connectivity index (χ2n) is 15.0. The minimum Gasteiger partial charge on any atom is -0.493 e. The van der Waals surface area contributed by atoms with Gasteiger partial charge in [0, 0.05) is 54.8 Å². The van der Waals surface area contributed by atoms with E-state index in [1.807, 2.05) is 24.3 Å². The summed E-state index contributed by atoms with van der Waals surface area (Å²) in [5, 5.41) is 19.2. The van der Waals surface area contributed by atoms with E-state index < -0.39 is 5.97 Å². The van der Waals surface area contributed by atoms with Crippen LogP contribution >= 0.6 is 11.6 Å². The zero-order valence-corrected chi connectivity index (χ0v) is 33.1. The number of aliphatic carboxylic acids is 1. The number of carbonyl (C=O) groups is 1. The maximum absolute atomic E-state index is 11.4. The van der Waals surface area contributed by atoms with Gasteiger partial charge in [-0.1, -0.05) is 54.8 Å². The normalized spacial score (nSPS) is 17.7. The molecule has 1 N–H and O–H groups in total. The molecule has 2 aliphatic heterocycles. The highest BCUT2D eigenvalue weighted by atomic mass is 35.5. The molecule has 3 aromatic carbocycles. The lowest BCUT2D eigenvalue weighted by Gasteiger charge is -2.34. The van der Waals surface area contributed by atoms with Crippen LogP contribution in [-0.4, -0.2) is 64.2 Å². The number of piperidine rings is 2. The van der Waals surface area contributed by atoms with E-state index in [-0.39, 0.29) is 19.1 Å².